The molecule has 1 aliphatic heterocycles. The molecular weight excluding hydrogens is 296 g/mol. The molecule has 3 atom stereocenters. The summed E-state index contributed by atoms with van der Waals surface area (Å²) in [4.78, 5) is 7.69. The molecule has 0 aliphatic carbocycles. The van der Waals surface area contributed by atoms with E-state index in [9.17, 15) is 0 Å². The van der Waals surface area contributed by atoms with Crippen LogP contribution in [0, 0.1) is 5.92 Å². The van der Waals surface area contributed by atoms with Crippen LogP contribution < -0.4 is 0 Å². The Kier molecular flexibility index (Phi) is 5.31. The summed E-state index contributed by atoms with van der Waals surface area (Å²) in [7, 11) is 3.88. The van der Waals surface area contributed by atoms with Gasteiger partial charge in [0.15, 0.2) is 0 Å². The third-order valence-corrected chi connectivity index (χ3v) is 5.12. The van der Waals surface area contributed by atoms with Crippen LogP contribution in [0.15, 0.2) is 65.8 Å². The lowest BCUT2D eigenvalue weighted by molar-refractivity contribution is 0.116. The maximum absolute atomic E-state index is 5.19. The highest BCUT2D eigenvalue weighted by molar-refractivity contribution is 5.88. The number of nitrogens with zero attached hydrogens (tertiary/aromatic N) is 2. The number of likely N-dealkylation sites (tertiary alicyclic amines) is 1. The van der Waals surface area contributed by atoms with Crippen molar-refractivity contribution in [3.8, 4) is 0 Å². The fraction of sp³-hybridized carbons (Fsp3) is 0.381. The van der Waals surface area contributed by atoms with E-state index in [0.29, 0.717) is 18.0 Å². The largest absolute Gasteiger partial charge is 0.399 e. The van der Waals surface area contributed by atoms with Crippen LogP contribution in [0.3, 0.4) is 0 Å². The van der Waals surface area contributed by atoms with E-state index in [1.807, 2.05) is 0 Å². The zero-order valence-electron chi connectivity index (χ0n) is 14.7. The number of rotatable bonds is 4. The topological polar surface area (TPSA) is 24.8 Å². The molecule has 126 valence electrons. The number of benzene rings is 2. The van der Waals surface area contributed by atoms with Crippen molar-refractivity contribution in [2.45, 2.75) is 31.8 Å². The summed E-state index contributed by atoms with van der Waals surface area (Å²) in [5.41, 5.74) is 3.84. The van der Waals surface area contributed by atoms with E-state index >= 15 is 0 Å². The summed E-state index contributed by atoms with van der Waals surface area (Å²) in [6.45, 7) is 2.24. The van der Waals surface area contributed by atoms with E-state index in [0.717, 1.165) is 12.8 Å². The molecule has 1 aliphatic rings. The van der Waals surface area contributed by atoms with Crippen molar-refractivity contribution in [1.82, 2.24) is 4.90 Å². The minimum atomic E-state index is 0.309. The normalized spacial score (nSPS) is 26.5. The van der Waals surface area contributed by atoms with Crippen LogP contribution in [0.4, 0.5) is 0 Å². The lowest BCUT2D eigenvalue weighted by Crippen LogP contribution is -2.43. The number of piperidine rings is 1. The summed E-state index contributed by atoms with van der Waals surface area (Å²) < 4.78 is 0. The zero-order chi connectivity index (χ0) is 16.9. The Morgan fingerprint density at radius 2 is 1.58 bits per heavy atom. The molecule has 0 unspecified atom stereocenters. The molecule has 0 saturated carbocycles. The van der Waals surface area contributed by atoms with Crippen LogP contribution in [-0.2, 0) is 4.84 Å². The van der Waals surface area contributed by atoms with Gasteiger partial charge >= 0.3 is 0 Å². The van der Waals surface area contributed by atoms with Gasteiger partial charge in [0, 0.05) is 24.4 Å². The molecule has 0 radical (unpaired) electrons. The molecule has 2 aromatic carbocycles. The van der Waals surface area contributed by atoms with Crippen molar-refractivity contribution in [2.24, 2.45) is 11.1 Å². The molecule has 3 nitrogen and oxygen atoms in total. The van der Waals surface area contributed by atoms with Crippen LogP contribution >= 0.6 is 0 Å². The Morgan fingerprint density at radius 1 is 1.00 bits per heavy atom. The van der Waals surface area contributed by atoms with Crippen molar-refractivity contribution >= 4 is 5.71 Å². The van der Waals surface area contributed by atoms with E-state index in [4.69, 9.17) is 4.84 Å². The van der Waals surface area contributed by atoms with Crippen LogP contribution in [-0.4, -0.2) is 24.8 Å². The van der Waals surface area contributed by atoms with Gasteiger partial charge < -0.3 is 4.84 Å². The van der Waals surface area contributed by atoms with Gasteiger partial charge in [-0.3, -0.25) is 4.90 Å². The van der Waals surface area contributed by atoms with Crippen LogP contribution in [0.5, 0.6) is 0 Å². The molecule has 1 fully saturated rings. The molecule has 0 N–H and O–H groups in total. The summed E-state index contributed by atoms with van der Waals surface area (Å²) in [5, 5.41) is 4.41. The van der Waals surface area contributed by atoms with Gasteiger partial charge in [-0.1, -0.05) is 72.7 Å². The fourth-order valence-corrected chi connectivity index (χ4v) is 3.98. The highest BCUT2D eigenvalue weighted by Crippen LogP contribution is 2.43. The molecule has 1 heterocycles. The first kappa shape index (κ1) is 16.7. The van der Waals surface area contributed by atoms with Gasteiger partial charge in [-0.2, -0.15) is 0 Å². The van der Waals surface area contributed by atoms with E-state index in [-0.39, 0.29) is 0 Å². The number of hydrogen-bond donors (Lipinski definition) is 0. The zero-order valence-corrected chi connectivity index (χ0v) is 14.7. The molecule has 3 rings (SSSR count). The third kappa shape index (κ3) is 3.22. The van der Waals surface area contributed by atoms with E-state index in [1.54, 1.807) is 7.11 Å². The fourth-order valence-electron chi connectivity index (χ4n) is 3.98. The van der Waals surface area contributed by atoms with Gasteiger partial charge in [0.05, 0.1) is 5.71 Å². The average Bonchev–Trinajstić information content (AvgIpc) is 2.64. The van der Waals surface area contributed by atoms with Crippen LogP contribution in [0.2, 0.25) is 0 Å². The Morgan fingerprint density at radius 3 is 2.12 bits per heavy atom. The molecule has 1 saturated heterocycles. The molecule has 3 heteroatoms. The maximum atomic E-state index is 5.19. The van der Waals surface area contributed by atoms with Gasteiger partial charge in [-0.15, -0.1) is 0 Å². The van der Waals surface area contributed by atoms with Gasteiger partial charge in [-0.25, -0.2) is 0 Å². The minimum absolute atomic E-state index is 0.309. The molecular formula is C21H26N2O. The predicted octanol–water partition coefficient (Wildman–Crippen LogP) is 4.83. The Labute approximate surface area is 144 Å². The monoisotopic (exact) mass is 322 g/mol. The van der Waals surface area contributed by atoms with Crippen molar-refractivity contribution in [1.29, 1.82) is 0 Å². The van der Waals surface area contributed by atoms with Gasteiger partial charge in [-0.05, 0) is 24.6 Å². The number of hydrogen-bond acceptors (Lipinski definition) is 3. The first-order valence-corrected chi connectivity index (χ1v) is 8.68. The predicted molar refractivity (Wildman–Crippen MR) is 99.0 cm³/mol. The lowest BCUT2D eigenvalue weighted by Gasteiger charge is -2.45. The van der Waals surface area contributed by atoms with Gasteiger partial charge in [0.2, 0.25) is 0 Å². The molecule has 0 spiro atoms. The Bertz CT molecular complexity index is 669. The highest BCUT2D eigenvalue weighted by atomic mass is 16.6. The molecule has 2 aromatic rings. The molecule has 0 amide bonds. The molecule has 0 bridgehead atoms. The average molecular weight is 322 g/mol. The summed E-state index contributed by atoms with van der Waals surface area (Å²) in [6.07, 6.45) is 1.96. The third-order valence-electron chi connectivity index (χ3n) is 5.12. The summed E-state index contributed by atoms with van der Waals surface area (Å²) >= 11 is 0. The second-order valence-corrected chi connectivity index (χ2v) is 6.43. The van der Waals surface area contributed by atoms with E-state index in [2.05, 4.69) is 84.7 Å². The molecule has 0 aromatic heterocycles. The van der Waals surface area contributed by atoms with Crippen molar-refractivity contribution < 1.29 is 4.84 Å². The van der Waals surface area contributed by atoms with Crippen molar-refractivity contribution in [3.05, 3.63) is 71.8 Å². The Hall–Kier alpha value is -2.13. The Balaban J connectivity index is 2.04. The quantitative estimate of drug-likeness (QED) is 0.753. The summed E-state index contributed by atoms with van der Waals surface area (Å²) in [6, 6.07) is 22.1. The molecule has 24 heavy (non-hydrogen) atoms. The minimum Gasteiger partial charge on any atom is -0.399 e. The number of oxime groups is 1. The first-order chi connectivity index (χ1) is 11.8. The van der Waals surface area contributed by atoms with Gasteiger partial charge in [0.25, 0.3) is 0 Å². The highest BCUT2D eigenvalue weighted by Gasteiger charge is 2.40. The van der Waals surface area contributed by atoms with E-state index < -0.39 is 0 Å². The van der Waals surface area contributed by atoms with Crippen molar-refractivity contribution in [3.63, 3.8) is 0 Å². The van der Waals surface area contributed by atoms with Gasteiger partial charge in [0.1, 0.15) is 7.11 Å². The van der Waals surface area contributed by atoms with Crippen molar-refractivity contribution in [2.75, 3.05) is 14.2 Å². The maximum Gasteiger partial charge on any atom is 0.106 e. The SMILES string of the molecule is CC[C@@H]1/C(=N/OC)C[C@@H](c2ccccc2)N(C)[C@H]1c1ccccc1. The second-order valence-electron chi connectivity index (χ2n) is 6.43. The smallest absolute Gasteiger partial charge is 0.106 e. The first-order valence-electron chi connectivity index (χ1n) is 8.68. The van der Waals surface area contributed by atoms with Crippen LogP contribution in [0.1, 0.15) is 43.0 Å². The van der Waals surface area contributed by atoms with E-state index in [1.165, 1.54) is 16.8 Å². The van der Waals surface area contributed by atoms with Crippen LogP contribution in [0.25, 0.3) is 0 Å². The standard InChI is InChI=1S/C21H26N2O/c1-4-18-19(22-24-3)15-20(16-11-7-5-8-12-16)23(2)21(18)17-13-9-6-10-14-17/h5-14,18,20-21H,4,15H2,1-3H3/b22-19+/t18-,20+,21+/m1/s1. The second kappa shape index (κ2) is 7.63. The summed E-state index contributed by atoms with van der Waals surface area (Å²) in [5.74, 6) is 0.373. The lowest BCUT2D eigenvalue weighted by atomic mass is 9.77.